The van der Waals surface area contributed by atoms with Crippen LogP contribution < -0.4 is 5.73 Å². The largest absolute Gasteiger partial charge is 0.383 e. The molecule has 6 heteroatoms. The van der Waals surface area contributed by atoms with E-state index >= 15 is 0 Å². The van der Waals surface area contributed by atoms with Crippen molar-refractivity contribution >= 4 is 37.7 Å². The predicted molar refractivity (Wildman–Crippen MR) is 79.9 cm³/mol. The molecule has 0 radical (unpaired) electrons. The van der Waals surface area contributed by atoms with Crippen LogP contribution in [0.5, 0.6) is 0 Å². The molecular weight excluding hydrogens is 360 g/mol. The first kappa shape index (κ1) is 13.5. The summed E-state index contributed by atoms with van der Waals surface area (Å²) in [4.78, 5) is 4.30. The highest BCUT2D eigenvalue weighted by Crippen LogP contribution is 2.33. The van der Waals surface area contributed by atoms with Crippen LogP contribution in [0.4, 0.5) is 5.82 Å². The van der Waals surface area contributed by atoms with Gasteiger partial charge in [0.15, 0.2) is 5.82 Å². The second kappa shape index (κ2) is 4.66. The molecule has 2 aromatic heterocycles. The van der Waals surface area contributed by atoms with Crippen LogP contribution in [0.15, 0.2) is 27.3 Å². The van der Waals surface area contributed by atoms with Gasteiger partial charge < -0.3 is 5.73 Å². The minimum absolute atomic E-state index is 0.0758. The lowest BCUT2D eigenvalue weighted by Crippen LogP contribution is -2.13. The fourth-order valence-corrected chi connectivity index (χ4v) is 2.64. The molecule has 0 saturated heterocycles. The van der Waals surface area contributed by atoms with Crippen LogP contribution in [0.3, 0.4) is 0 Å². The molecule has 0 unspecified atom stereocenters. The molecule has 96 valence electrons. The van der Waals surface area contributed by atoms with Gasteiger partial charge in [-0.3, -0.25) is 0 Å². The molecule has 0 fully saturated rings. The summed E-state index contributed by atoms with van der Waals surface area (Å²) >= 11 is 6.86. The van der Waals surface area contributed by atoms with E-state index in [4.69, 9.17) is 5.73 Å². The Balaban J connectivity index is 2.56. The van der Waals surface area contributed by atoms with Gasteiger partial charge in [-0.15, -0.1) is 0 Å². The first-order valence-corrected chi connectivity index (χ1v) is 7.05. The Morgan fingerprint density at radius 1 is 1.22 bits per heavy atom. The van der Waals surface area contributed by atoms with Gasteiger partial charge >= 0.3 is 0 Å². The highest BCUT2D eigenvalue weighted by atomic mass is 79.9. The summed E-state index contributed by atoms with van der Waals surface area (Å²) in [5, 5.41) is 4.55. The van der Waals surface area contributed by atoms with Gasteiger partial charge in [0, 0.05) is 16.1 Å². The van der Waals surface area contributed by atoms with Crippen LogP contribution in [0, 0.1) is 0 Å². The smallest absolute Gasteiger partial charge is 0.155 e. The average Bonchev–Trinajstić information content (AvgIpc) is 2.57. The highest BCUT2D eigenvalue weighted by molar-refractivity contribution is 9.11. The van der Waals surface area contributed by atoms with Crippen LogP contribution in [-0.4, -0.2) is 14.8 Å². The van der Waals surface area contributed by atoms with Gasteiger partial charge in [-0.05, 0) is 44.0 Å². The number of hydrogen-bond donors (Lipinski definition) is 1. The van der Waals surface area contributed by atoms with E-state index in [0.29, 0.717) is 11.6 Å². The first-order valence-electron chi connectivity index (χ1n) is 5.47. The average molecular weight is 374 g/mol. The lowest BCUT2D eigenvalue weighted by molar-refractivity contribution is 0.557. The van der Waals surface area contributed by atoms with Gasteiger partial charge in [-0.1, -0.05) is 20.8 Å². The summed E-state index contributed by atoms with van der Waals surface area (Å²) in [7, 11) is 0. The lowest BCUT2D eigenvalue weighted by Gasteiger charge is -2.15. The molecule has 0 amide bonds. The van der Waals surface area contributed by atoms with Gasteiger partial charge in [-0.2, -0.15) is 9.78 Å². The molecule has 0 atom stereocenters. The fourth-order valence-electron chi connectivity index (χ4n) is 1.56. The Hall–Kier alpha value is -0.880. The third-order valence-electron chi connectivity index (χ3n) is 2.50. The number of nitrogens with two attached hydrogens (primary N) is 1. The van der Waals surface area contributed by atoms with Gasteiger partial charge in [0.25, 0.3) is 0 Å². The summed E-state index contributed by atoms with van der Waals surface area (Å²) in [5.41, 5.74) is 6.92. The Bertz CT molecular complexity index is 567. The summed E-state index contributed by atoms with van der Waals surface area (Å²) < 4.78 is 3.41. The molecule has 18 heavy (non-hydrogen) atoms. The number of aromatic nitrogens is 3. The number of nitrogen functional groups attached to an aromatic ring is 1. The quantitative estimate of drug-likeness (QED) is 0.829. The summed E-state index contributed by atoms with van der Waals surface area (Å²) in [5.74, 6) is 1.27. The van der Waals surface area contributed by atoms with Crippen molar-refractivity contribution < 1.29 is 0 Å². The Kier molecular flexibility index (Phi) is 3.51. The van der Waals surface area contributed by atoms with Crippen LogP contribution in [-0.2, 0) is 5.41 Å². The van der Waals surface area contributed by atoms with E-state index in [2.05, 4.69) is 62.7 Å². The number of hydrogen-bond acceptors (Lipinski definition) is 3. The molecular formula is C12H14Br2N4. The molecule has 2 N–H and O–H groups in total. The van der Waals surface area contributed by atoms with E-state index < -0.39 is 0 Å². The van der Waals surface area contributed by atoms with Crippen molar-refractivity contribution in [2.24, 2.45) is 0 Å². The lowest BCUT2D eigenvalue weighted by atomic mass is 9.92. The van der Waals surface area contributed by atoms with E-state index in [0.717, 1.165) is 14.6 Å². The van der Waals surface area contributed by atoms with E-state index in [1.807, 2.05) is 12.1 Å². The third-order valence-corrected chi connectivity index (χ3v) is 3.75. The van der Waals surface area contributed by atoms with Crippen molar-refractivity contribution in [1.29, 1.82) is 0 Å². The maximum absolute atomic E-state index is 6.07. The SMILES string of the molecule is CC(C)(C)c1nn(-c2ccc(Br)cn2)c(N)c1Br. The Morgan fingerprint density at radius 3 is 2.33 bits per heavy atom. The molecule has 0 bridgehead atoms. The van der Waals surface area contributed by atoms with Gasteiger partial charge in [0.05, 0.1) is 10.2 Å². The number of halogens is 2. The number of rotatable bonds is 1. The second-order valence-corrected chi connectivity index (χ2v) is 6.75. The zero-order chi connectivity index (χ0) is 13.5. The van der Waals surface area contributed by atoms with Crippen molar-refractivity contribution in [3.8, 4) is 5.82 Å². The number of anilines is 1. The second-order valence-electron chi connectivity index (χ2n) is 5.04. The molecule has 2 heterocycles. The first-order chi connectivity index (χ1) is 8.30. The minimum Gasteiger partial charge on any atom is -0.383 e. The predicted octanol–water partition coefficient (Wildman–Crippen LogP) is 3.67. The van der Waals surface area contributed by atoms with Crippen LogP contribution in [0.25, 0.3) is 5.82 Å². The highest BCUT2D eigenvalue weighted by Gasteiger charge is 2.25. The van der Waals surface area contributed by atoms with Gasteiger partial charge in [0.2, 0.25) is 0 Å². The van der Waals surface area contributed by atoms with Crippen molar-refractivity contribution in [3.63, 3.8) is 0 Å². The molecule has 0 saturated carbocycles. The van der Waals surface area contributed by atoms with Gasteiger partial charge in [-0.25, -0.2) is 4.98 Å². The normalized spacial score (nSPS) is 11.8. The number of nitrogens with zero attached hydrogens (tertiary/aromatic N) is 3. The molecule has 2 rings (SSSR count). The standard InChI is InChI=1S/C12H14Br2N4/c1-12(2,3)10-9(14)11(15)18(17-10)8-5-4-7(13)6-16-8/h4-6H,15H2,1-3H3. The minimum atomic E-state index is -0.0758. The van der Waals surface area contributed by atoms with Gasteiger partial charge in [0.1, 0.15) is 5.82 Å². The maximum Gasteiger partial charge on any atom is 0.155 e. The fraction of sp³-hybridized carbons (Fsp3) is 0.333. The molecule has 0 aliphatic carbocycles. The van der Waals surface area contributed by atoms with Crippen molar-refractivity contribution in [2.75, 3.05) is 5.73 Å². The van der Waals surface area contributed by atoms with E-state index in [9.17, 15) is 0 Å². The monoisotopic (exact) mass is 372 g/mol. The molecule has 2 aromatic rings. The maximum atomic E-state index is 6.07. The molecule has 0 spiro atoms. The molecule has 4 nitrogen and oxygen atoms in total. The summed E-state index contributed by atoms with van der Waals surface area (Å²) in [6.45, 7) is 6.29. The molecule has 0 aliphatic rings. The topological polar surface area (TPSA) is 56.7 Å². The summed E-state index contributed by atoms with van der Waals surface area (Å²) in [6.07, 6.45) is 1.72. The van der Waals surface area contributed by atoms with Crippen LogP contribution in [0.2, 0.25) is 0 Å². The van der Waals surface area contributed by atoms with Crippen molar-refractivity contribution in [2.45, 2.75) is 26.2 Å². The van der Waals surface area contributed by atoms with Crippen molar-refractivity contribution in [1.82, 2.24) is 14.8 Å². The molecule has 0 aromatic carbocycles. The summed E-state index contributed by atoms with van der Waals surface area (Å²) in [6, 6.07) is 3.78. The third kappa shape index (κ3) is 2.44. The van der Waals surface area contributed by atoms with E-state index in [-0.39, 0.29) is 5.41 Å². The van der Waals surface area contributed by atoms with Crippen LogP contribution in [0.1, 0.15) is 26.5 Å². The zero-order valence-electron chi connectivity index (χ0n) is 10.4. The van der Waals surface area contributed by atoms with Crippen LogP contribution >= 0.6 is 31.9 Å². The zero-order valence-corrected chi connectivity index (χ0v) is 13.6. The van der Waals surface area contributed by atoms with E-state index in [1.54, 1.807) is 10.9 Å². The Labute approximate surface area is 123 Å². The Morgan fingerprint density at radius 2 is 1.89 bits per heavy atom. The van der Waals surface area contributed by atoms with E-state index in [1.165, 1.54) is 0 Å². The van der Waals surface area contributed by atoms with Crippen molar-refractivity contribution in [3.05, 3.63) is 33.0 Å². The number of pyridine rings is 1. The molecule has 0 aliphatic heterocycles.